The Morgan fingerprint density at radius 3 is 2.50 bits per heavy atom. The Bertz CT molecular complexity index is 114. The van der Waals surface area contributed by atoms with Crippen LogP contribution in [0.25, 0.3) is 0 Å². The second kappa shape index (κ2) is 4.21. The first-order chi connectivity index (χ1) is 4.57. The van der Waals surface area contributed by atoms with Crippen LogP contribution < -0.4 is 5.73 Å². The van der Waals surface area contributed by atoms with E-state index in [0.717, 1.165) is 0 Å². The van der Waals surface area contributed by atoms with Gasteiger partial charge in [-0.25, -0.2) is 0 Å². The highest BCUT2D eigenvalue weighted by Gasteiger charge is 2.14. The summed E-state index contributed by atoms with van der Waals surface area (Å²) in [5, 5.41) is 17.0. The van der Waals surface area contributed by atoms with E-state index in [2.05, 4.69) is 4.74 Å². The van der Waals surface area contributed by atoms with Gasteiger partial charge in [-0.05, 0) is 0 Å². The highest BCUT2D eigenvalue weighted by atomic mass is 16.6. The van der Waals surface area contributed by atoms with Crippen LogP contribution in [0.5, 0.6) is 0 Å². The average Bonchev–Trinajstić information content (AvgIpc) is 1.87. The van der Waals surface area contributed by atoms with Gasteiger partial charge < -0.3 is 20.7 Å². The maximum absolute atomic E-state index is 10.4. The van der Waals surface area contributed by atoms with E-state index in [9.17, 15) is 4.79 Å². The van der Waals surface area contributed by atoms with Gasteiger partial charge in [0.25, 0.3) is 0 Å². The van der Waals surface area contributed by atoms with Crippen molar-refractivity contribution in [3.63, 3.8) is 0 Å². The predicted octanol–water partition coefficient (Wildman–Crippen LogP) is -1.46. The first-order valence-corrected chi connectivity index (χ1v) is 2.89. The molecule has 0 aromatic carbocycles. The minimum absolute atomic E-state index is 0.143. The topological polar surface area (TPSA) is 92.8 Å². The van der Waals surface area contributed by atoms with E-state index in [4.69, 9.17) is 15.9 Å². The molecule has 0 aliphatic rings. The minimum Gasteiger partial charge on any atom is -0.432 e. The van der Waals surface area contributed by atoms with Crippen LogP contribution in [0.15, 0.2) is 0 Å². The summed E-state index contributed by atoms with van der Waals surface area (Å²) >= 11 is 0. The molecule has 0 spiro atoms. The van der Waals surface area contributed by atoms with Gasteiger partial charge in [-0.3, -0.25) is 4.79 Å². The Kier molecular flexibility index (Phi) is 3.94. The van der Waals surface area contributed by atoms with Crippen LogP contribution in [0.2, 0.25) is 0 Å². The normalized spacial score (nSPS) is 16.0. The number of esters is 1. The van der Waals surface area contributed by atoms with Crippen LogP contribution in [-0.2, 0) is 9.53 Å². The van der Waals surface area contributed by atoms with Gasteiger partial charge in [-0.15, -0.1) is 0 Å². The predicted molar refractivity (Wildman–Crippen MR) is 32.6 cm³/mol. The minimum atomic E-state index is -1.62. The molecule has 0 aromatic rings. The van der Waals surface area contributed by atoms with Crippen LogP contribution in [0.3, 0.4) is 0 Å². The van der Waals surface area contributed by atoms with Crippen molar-refractivity contribution in [3.8, 4) is 0 Å². The zero-order chi connectivity index (χ0) is 8.15. The van der Waals surface area contributed by atoms with Crippen molar-refractivity contribution in [2.75, 3.05) is 0 Å². The molecule has 4 N–H and O–H groups in total. The van der Waals surface area contributed by atoms with Crippen molar-refractivity contribution in [3.05, 3.63) is 0 Å². The van der Waals surface area contributed by atoms with E-state index in [1.54, 1.807) is 6.92 Å². The summed E-state index contributed by atoms with van der Waals surface area (Å²) < 4.78 is 4.20. The van der Waals surface area contributed by atoms with Gasteiger partial charge in [0, 0.05) is 6.42 Å². The quantitative estimate of drug-likeness (QED) is 0.336. The van der Waals surface area contributed by atoms with Crippen molar-refractivity contribution >= 4 is 5.97 Å². The number of aliphatic hydroxyl groups excluding tert-OH is 2. The zero-order valence-electron chi connectivity index (χ0n) is 5.65. The highest BCUT2D eigenvalue weighted by molar-refractivity contribution is 5.68. The Labute approximate surface area is 58.4 Å². The molecule has 2 unspecified atom stereocenters. The van der Waals surface area contributed by atoms with Crippen LogP contribution in [0.4, 0.5) is 0 Å². The maximum atomic E-state index is 10.4. The third kappa shape index (κ3) is 3.39. The Morgan fingerprint density at radius 1 is 1.70 bits per heavy atom. The maximum Gasteiger partial charge on any atom is 0.307 e. The first kappa shape index (κ1) is 9.35. The monoisotopic (exact) mass is 149 g/mol. The SMILES string of the molecule is CCC(=O)OC(O)C(N)O. The molecule has 0 bridgehead atoms. The number of nitrogens with two attached hydrogens (primary N) is 1. The lowest BCUT2D eigenvalue weighted by atomic mass is 10.5. The summed E-state index contributed by atoms with van der Waals surface area (Å²) in [6.45, 7) is 1.57. The number of hydrogen-bond donors (Lipinski definition) is 3. The van der Waals surface area contributed by atoms with Crippen molar-refractivity contribution in [2.45, 2.75) is 25.9 Å². The van der Waals surface area contributed by atoms with Crippen molar-refractivity contribution in [1.29, 1.82) is 0 Å². The number of carbonyl (C=O) groups is 1. The van der Waals surface area contributed by atoms with Crippen molar-refractivity contribution < 1.29 is 19.7 Å². The number of hydrogen-bond acceptors (Lipinski definition) is 5. The number of carbonyl (C=O) groups excluding carboxylic acids is 1. The van der Waals surface area contributed by atoms with E-state index in [-0.39, 0.29) is 6.42 Å². The molecule has 0 aromatic heterocycles. The summed E-state index contributed by atoms with van der Waals surface area (Å²) in [5.41, 5.74) is 4.77. The molecule has 60 valence electrons. The van der Waals surface area contributed by atoms with Crippen molar-refractivity contribution in [2.24, 2.45) is 5.73 Å². The largest absolute Gasteiger partial charge is 0.432 e. The zero-order valence-corrected chi connectivity index (χ0v) is 5.65. The molecule has 5 nitrogen and oxygen atoms in total. The van der Waals surface area contributed by atoms with Gasteiger partial charge in [0.1, 0.15) is 0 Å². The molecule has 0 heterocycles. The van der Waals surface area contributed by atoms with Gasteiger partial charge in [0.15, 0.2) is 6.23 Å². The van der Waals surface area contributed by atoms with Gasteiger partial charge in [-0.1, -0.05) is 6.92 Å². The fourth-order valence-corrected chi connectivity index (χ4v) is 0.288. The van der Waals surface area contributed by atoms with Gasteiger partial charge in [0.2, 0.25) is 6.29 Å². The van der Waals surface area contributed by atoms with Crippen LogP contribution in [0.1, 0.15) is 13.3 Å². The molecule has 0 fully saturated rings. The van der Waals surface area contributed by atoms with E-state index >= 15 is 0 Å². The average molecular weight is 149 g/mol. The molecular weight excluding hydrogens is 138 g/mol. The molecule has 0 aliphatic carbocycles. The Morgan fingerprint density at radius 2 is 2.20 bits per heavy atom. The van der Waals surface area contributed by atoms with Gasteiger partial charge in [0.05, 0.1) is 0 Å². The van der Waals surface area contributed by atoms with E-state index in [1.807, 2.05) is 0 Å². The Hall–Kier alpha value is -0.650. The summed E-state index contributed by atoms with van der Waals surface area (Å²) in [7, 11) is 0. The molecule has 0 aliphatic heterocycles. The standard InChI is InChI=1S/C5H11NO4/c1-2-3(7)10-5(9)4(6)8/h4-5,8-9H,2,6H2,1H3. The smallest absolute Gasteiger partial charge is 0.307 e. The van der Waals surface area contributed by atoms with E-state index in [0.29, 0.717) is 0 Å². The van der Waals surface area contributed by atoms with Gasteiger partial charge >= 0.3 is 5.97 Å². The lowest BCUT2D eigenvalue weighted by Crippen LogP contribution is -2.37. The third-order valence-corrected chi connectivity index (χ3v) is 0.833. The molecule has 0 saturated carbocycles. The highest BCUT2D eigenvalue weighted by Crippen LogP contribution is 1.92. The molecule has 0 amide bonds. The molecule has 2 atom stereocenters. The molecule has 10 heavy (non-hydrogen) atoms. The van der Waals surface area contributed by atoms with Crippen LogP contribution >= 0.6 is 0 Å². The fraction of sp³-hybridized carbons (Fsp3) is 0.800. The van der Waals surface area contributed by atoms with Crippen molar-refractivity contribution in [1.82, 2.24) is 0 Å². The number of rotatable bonds is 3. The molecular formula is C5H11NO4. The Balaban J connectivity index is 3.57. The van der Waals surface area contributed by atoms with E-state index in [1.165, 1.54) is 0 Å². The van der Waals surface area contributed by atoms with Gasteiger partial charge in [-0.2, -0.15) is 0 Å². The number of aliphatic hydroxyl groups is 2. The lowest BCUT2D eigenvalue weighted by Gasteiger charge is -2.12. The molecule has 0 rings (SSSR count). The summed E-state index contributed by atoms with van der Waals surface area (Å²) in [4.78, 5) is 10.4. The fourth-order valence-electron chi connectivity index (χ4n) is 0.288. The summed E-state index contributed by atoms with van der Waals surface area (Å²) in [5.74, 6) is -0.600. The second-order valence-electron chi connectivity index (χ2n) is 1.72. The summed E-state index contributed by atoms with van der Waals surface area (Å²) in [6, 6.07) is 0. The third-order valence-electron chi connectivity index (χ3n) is 0.833. The second-order valence-corrected chi connectivity index (χ2v) is 1.72. The van der Waals surface area contributed by atoms with Crippen LogP contribution in [0, 0.1) is 0 Å². The lowest BCUT2D eigenvalue weighted by molar-refractivity contribution is -0.185. The molecule has 0 saturated heterocycles. The van der Waals surface area contributed by atoms with E-state index < -0.39 is 18.5 Å². The first-order valence-electron chi connectivity index (χ1n) is 2.89. The molecule has 0 radical (unpaired) electrons. The summed E-state index contributed by atoms with van der Waals surface area (Å²) in [6.07, 6.45) is -3.01. The number of ether oxygens (including phenoxy) is 1. The van der Waals surface area contributed by atoms with Crippen LogP contribution in [-0.4, -0.2) is 28.7 Å². The molecule has 5 heteroatoms.